The molecule has 0 N–H and O–H groups in total. The molecule has 4 aromatic heterocycles. The molecular weight excluding hydrogens is 428 g/mol. The Hall–Kier alpha value is -4.57. The van der Waals surface area contributed by atoms with Crippen LogP contribution in [0, 0.1) is 0 Å². The molecular formula is C31H18N4. The molecule has 35 heavy (non-hydrogen) atoms. The van der Waals surface area contributed by atoms with Crippen LogP contribution in [0.5, 0.6) is 0 Å². The van der Waals surface area contributed by atoms with Crippen molar-refractivity contribution in [2.24, 2.45) is 0 Å². The number of nitrogens with zero attached hydrogens (tertiary/aromatic N) is 4. The van der Waals surface area contributed by atoms with Crippen molar-refractivity contribution in [1.82, 2.24) is 19.4 Å². The molecule has 0 spiro atoms. The number of hydrogen-bond donors (Lipinski definition) is 0. The maximum Gasteiger partial charge on any atom is 0.146 e. The van der Waals surface area contributed by atoms with E-state index in [9.17, 15) is 0 Å². The monoisotopic (exact) mass is 446 g/mol. The summed E-state index contributed by atoms with van der Waals surface area (Å²) in [7, 11) is 0. The van der Waals surface area contributed by atoms with Gasteiger partial charge in [0.1, 0.15) is 11.2 Å². The lowest BCUT2D eigenvalue weighted by Crippen LogP contribution is -1.94. The minimum Gasteiger partial charge on any atom is -0.290 e. The van der Waals surface area contributed by atoms with E-state index in [2.05, 4.69) is 69.0 Å². The molecule has 0 aliphatic heterocycles. The van der Waals surface area contributed by atoms with E-state index in [0.29, 0.717) is 0 Å². The highest BCUT2D eigenvalue weighted by molar-refractivity contribution is 6.15. The molecule has 0 fully saturated rings. The summed E-state index contributed by atoms with van der Waals surface area (Å²) in [6.07, 6.45) is 9.51. The second kappa shape index (κ2) is 6.10. The Morgan fingerprint density at radius 1 is 0.600 bits per heavy atom. The average molecular weight is 447 g/mol. The number of imidazole rings is 1. The highest BCUT2D eigenvalue weighted by atomic mass is 15.0. The summed E-state index contributed by atoms with van der Waals surface area (Å²) in [5.74, 6) is 0. The molecule has 4 heterocycles. The van der Waals surface area contributed by atoms with Crippen LogP contribution < -0.4 is 0 Å². The van der Waals surface area contributed by atoms with Crippen LogP contribution in [0.3, 0.4) is 0 Å². The molecule has 162 valence electrons. The van der Waals surface area contributed by atoms with Crippen LogP contribution in [-0.2, 0) is 12.8 Å². The normalized spacial score (nSPS) is 13.5. The van der Waals surface area contributed by atoms with E-state index < -0.39 is 0 Å². The van der Waals surface area contributed by atoms with Gasteiger partial charge in [-0.1, -0.05) is 36.4 Å². The molecule has 0 saturated heterocycles. The van der Waals surface area contributed by atoms with Crippen molar-refractivity contribution in [2.75, 3.05) is 0 Å². The van der Waals surface area contributed by atoms with E-state index in [-0.39, 0.29) is 0 Å². The van der Waals surface area contributed by atoms with Crippen LogP contribution in [-0.4, -0.2) is 19.4 Å². The Morgan fingerprint density at radius 3 is 2.34 bits per heavy atom. The van der Waals surface area contributed by atoms with Gasteiger partial charge in [0, 0.05) is 23.2 Å². The van der Waals surface area contributed by atoms with Crippen molar-refractivity contribution in [1.29, 1.82) is 0 Å². The summed E-state index contributed by atoms with van der Waals surface area (Å²) < 4.78 is 2.24. The van der Waals surface area contributed by atoms with E-state index in [1.807, 2.05) is 30.9 Å². The van der Waals surface area contributed by atoms with Crippen molar-refractivity contribution in [3.8, 4) is 22.3 Å². The summed E-state index contributed by atoms with van der Waals surface area (Å²) in [4.78, 5) is 13.8. The van der Waals surface area contributed by atoms with Gasteiger partial charge in [-0.3, -0.25) is 14.4 Å². The third kappa shape index (κ3) is 2.15. The summed E-state index contributed by atoms with van der Waals surface area (Å²) in [5, 5.41) is 3.61. The summed E-state index contributed by atoms with van der Waals surface area (Å²) in [6, 6.07) is 22.5. The van der Waals surface area contributed by atoms with Crippen LogP contribution in [0.1, 0.15) is 22.3 Å². The molecule has 4 nitrogen and oxygen atoms in total. The van der Waals surface area contributed by atoms with Crippen molar-refractivity contribution in [2.45, 2.75) is 12.8 Å². The van der Waals surface area contributed by atoms with Gasteiger partial charge in [-0.2, -0.15) is 0 Å². The average Bonchev–Trinajstić information content (AvgIpc) is 3.58. The Kier molecular flexibility index (Phi) is 3.11. The van der Waals surface area contributed by atoms with Crippen LogP contribution in [0.15, 0.2) is 85.5 Å². The second-order valence-corrected chi connectivity index (χ2v) is 9.73. The number of hydrogen-bond acceptors (Lipinski definition) is 3. The summed E-state index contributed by atoms with van der Waals surface area (Å²) >= 11 is 0. The lowest BCUT2D eigenvalue weighted by atomic mass is 9.92. The summed E-state index contributed by atoms with van der Waals surface area (Å²) in [6.45, 7) is 0. The zero-order chi connectivity index (χ0) is 22.7. The van der Waals surface area contributed by atoms with Crippen LogP contribution in [0.25, 0.3) is 60.6 Å². The Balaban J connectivity index is 1.44. The first kappa shape index (κ1) is 17.8. The van der Waals surface area contributed by atoms with Crippen LogP contribution >= 0.6 is 0 Å². The van der Waals surface area contributed by atoms with Gasteiger partial charge in [0.15, 0.2) is 0 Å². The molecule has 2 aliphatic carbocycles. The van der Waals surface area contributed by atoms with Crippen LogP contribution in [0.4, 0.5) is 0 Å². The molecule has 0 saturated carbocycles. The highest BCUT2D eigenvalue weighted by Crippen LogP contribution is 2.50. The lowest BCUT2D eigenvalue weighted by molar-refractivity contribution is 1.23. The second-order valence-electron chi connectivity index (χ2n) is 9.73. The Morgan fingerprint density at radius 2 is 1.40 bits per heavy atom. The van der Waals surface area contributed by atoms with Gasteiger partial charge >= 0.3 is 0 Å². The van der Waals surface area contributed by atoms with Gasteiger partial charge in [0.05, 0.1) is 23.4 Å². The topological polar surface area (TPSA) is 43.1 Å². The van der Waals surface area contributed by atoms with Gasteiger partial charge in [-0.15, -0.1) is 0 Å². The minimum absolute atomic E-state index is 0.906. The fourth-order valence-electron chi connectivity index (χ4n) is 6.51. The number of aromatic nitrogens is 4. The molecule has 0 bridgehead atoms. The molecule has 0 atom stereocenters. The minimum atomic E-state index is 0.906. The van der Waals surface area contributed by atoms with Gasteiger partial charge in [-0.05, 0) is 87.0 Å². The largest absolute Gasteiger partial charge is 0.290 e. The van der Waals surface area contributed by atoms with Gasteiger partial charge in [-0.25, -0.2) is 4.98 Å². The number of pyridine rings is 3. The number of fused-ring (bicyclic) bond motifs is 15. The zero-order valence-corrected chi connectivity index (χ0v) is 18.8. The molecule has 4 heteroatoms. The molecule has 0 radical (unpaired) electrons. The molecule has 7 aromatic rings. The summed E-state index contributed by atoms with van der Waals surface area (Å²) in [5.41, 5.74) is 15.3. The highest BCUT2D eigenvalue weighted by Gasteiger charge is 2.29. The third-order valence-corrected chi connectivity index (χ3v) is 7.97. The first-order chi connectivity index (χ1) is 17.3. The number of benzene rings is 3. The van der Waals surface area contributed by atoms with E-state index in [1.54, 1.807) is 0 Å². The fraction of sp³-hybridized carbons (Fsp3) is 0.0645. The maximum absolute atomic E-state index is 5.03. The Labute approximate surface area is 200 Å². The lowest BCUT2D eigenvalue weighted by Gasteiger charge is -2.13. The smallest absolute Gasteiger partial charge is 0.146 e. The van der Waals surface area contributed by atoms with Crippen molar-refractivity contribution in [3.05, 3.63) is 108 Å². The van der Waals surface area contributed by atoms with Crippen molar-refractivity contribution >= 4 is 38.4 Å². The van der Waals surface area contributed by atoms with Crippen LogP contribution in [0.2, 0.25) is 0 Å². The predicted octanol–water partition coefficient (Wildman–Crippen LogP) is 6.73. The fourth-order valence-corrected chi connectivity index (χ4v) is 6.51. The number of rotatable bonds is 0. The first-order valence-electron chi connectivity index (χ1n) is 12.0. The van der Waals surface area contributed by atoms with Gasteiger partial charge in [0.2, 0.25) is 0 Å². The van der Waals surface area contributed by atoms with Crippen molar-refractivity contribution in [3.63, 3.8) is 0 Å². The SMILES string of the molecule is c1ccc2c(c1)Cc1ccc3c(c1-2)-c1cc2c4ccncc4n4c5ccncc5nc4c2cc1C3. The Bertz CT molecular complexity index is 2070. The van der Waals surface area contributed by atoms with Gasteiger partial charge in [0.25, 0.3) is 0 Å². The van der Waals surface area contributed by atoms with Gasteiger partial charge < -0.3 is 0 Å². The third-order valence-electron chi connectivity index (χ3n) is 7.97. The van der Waals surface area contributed by atoms with E-state index >= 15 is 0 Å². The maximum atomic E-state index is 5.03. The zero-order valence-electron chi connectivity index (χ0n) is 18.8. The molecule has 3 aromatic carbocycles. The van der Waals surface area contributed by atoms with Crippen molar-refractivity contribution < 1.29 is 0 Å². The standard InChI is InChI=1S/C31H18N4/c1-2-4-21-17(3-1)11-18-5-6-19-12-20-13-25-24(14-23(20)30(19)29(18)21)22-7-9-33-16-28(22)35-27-8-10-32-15-26(27)34-31(25)35/h1-10,13-16H,11-12H2. The van der Waals surface area contributed by atoms with E-state index in [4.69, 9.17) is 4.98 Å². The molecule has 0 unspecified atom stereocenters. The predicted molar refractivity (Wildman–Crippen MR) is 140 cm³/mol. The quantitative estimate of drug-likeness (QED) is 0.243. The molecule has 0 amide bonds. The molecule has 9 rings (SSSR count). The van der Waals surface area contributed by atoms with E-state index in [0.717, 1.165) is 35.0 Å². The molecule has 2 aliphatic rings. The van der Waals surface area contributed by atoms with E-state index in [1.165, 1.54) is 60.7 Å². The first-order valence-corrected chi connectivity index (χ1v) is 12.0.